The molecule has 3 rings (SSSR count). The fourth-order valence-electron chi connectivity index (χ4n) is 3.86. The lowest BCUT2D eigenvalue weighted by molar-refractivity contribution is -0.154. The Kier molecular flexibility index (Phi) is 4.02. The van der Waals surface area contributed by atoms with Crippen LogP contribution < -0.4 is 5.32 Å². The first-order chi connectivity index (χ1) is 10.1. The van der Waals surface area contributed by atoms with Gasteiger partial charge in [0.2, 0.25) is 11.8 Å². The minimum absolute atomic E-state index is 0.0844. The van der Waals surface area contributed by atoms with Gasteiger partial charge in [-0.2, -0.15) is 0 Å². The monoisotopic (exact) mass is 292 g/mol. The van der Waals surface area contributed by atoms with Gasteiger partial charge in [0.25, 0.3) is 0 Å². The number of allylic oxidation sites excluding steroid dienone is 1. The number of aliphatic hydroxyl groups excluding tert-OH is 1. The van der Waals surface area contributed by atoms with Crippen LogP contribution in [-0.4, -0.2) is 47.6 Å². The van der Waals surface area contributed by atoms with Gasteiger partial charge in [-0.1, -0.05) is 11.6 Å². The van der Waals surface area contributed by atoms with Crippen LogP contribution in [0.5, 0.6) is 0 Å². The third-order valence-corrected chi connectivity index (χ3v) is 5.19. The lowest BCUT2D eigenvalue weighted by atomic mass is 9.71. The molecule has 2 amide bonds. The van der Waals surface area contributed by atoms with Crippen LogP contribution in [0.15, 0.2) is 11.6 Å². The van der Waals surface area contributed by atoms with Crippen molar-refractivity contribution >= 4 is 11.8 Å². The Morgan fingerprint density at radius 2 is 2.33 bits per heavy atom. The molecule has 116 valence electrons. The van der Waals surface area contributed by atoms with E-state index >= 15 is 0 Å². The number of carbonyl (C=O) groups excluding carboxylic acids is 2. The highest BCUT2D eigenvalue weighted by molar-refractivity contribution is 5.86. The topological polar surface area (TPSA) is 69.6 Å². The lowest BCUT2D eigenvalue weighted by Crippen LogP contribution is -2.62. The summed E-state index contributed by atoms with van der Waals surface area (Å²) >= 11 is 0. The number of piperidine rings is 2. The van der Waals surface area contributed by atoms with E-state index in [1.165, 1.54) is 5.57 Å². The Balaban J connectivity index is 1.70. The predicted molar refractivity (Wildman–Crippen MR) is 78.4 cm³/mol. The molecule has 0 aromatic carbocycles. The molecule has 5 nitrogen and oxygen atoms in total. The van der Waals surface area contributed by atoms with Crippen molar-refractivity contribution in [2.24, 2.45) is 5.41 Å². The van der Waals surface area contributed by atoms with Gasteiger partial charge in [-0.05, 0) is 38.5 Å². The van der Waals surface area contributed by atoms with Gasteiger partial charge in [-0.25, -0.2) is 0 Å². The second kappa shape index (κ2) is 5.79. The Morgan fingerprint density at radius 3 is 3.05 bits per heavy atom. The minimum Gasteiger partial charge on any atom is -0.392 e. The van der Waals surface area contributed by atoms with Crippen molar-refractivity contribution in [3.05, 3.63) is 11.6 Å². The van der Waals surface area contributed by atoms with E-state index in [9.17, 15) is 14.7 Å². The zero-order valence-corrected chi connectivity index (χ0v) is 12.4. The molecule has 0 bridgehead atoms. The Labute approximate surface area is 125 Å². The molecule has 5 heteroatoms. The van der Waals surface area contributed by atoms with Crippen LogP contribution in [-0.2, 0) is 9.59 Å². The SMILES string of the molecule is O=C(CC1=CCCC1)N1CC[C@@H](O)[C@@]2(CCCNC2=O)C1. The molecule has 0 unspecified atom stereocenters. The molecule has 3 aliphatic rings. The maximum atomic E-state index is 12.5. The largest absolute Gasteiger partial charge is 0.392 e. The van der Waals surface area contributed by atoms with Crippen LogP contribution in [0.4, 0.5) is 0 Å². The first-order valence-electron chi connectivity index (χ1n) is 8.04. The van der Waals surface area contributed by atoms with Crippen molar-refractivity contribution in [1.82, 2.24) is 10.2 Å². The van der Waals surface area contributed by atoms with Gasteiger partial charge < -0.3 is 15.3 Å². The molecule has 1 aliphatic carbocycles. The summed E-state index contributed by atoms with van der Waals surface area (Å²) in [5.41, 5.74) is 0.448. The van der Waals surface area contributed by atoms with Crippen molar-refractivity contribution < 1.29 is 14.7 Å². The fourth-order valence-corrected chi connectivity index (χ4v) is 3.86. The Morgan fingerprint density at radius 1 is 1.48 bits per heavy atom. The molecule has 2 fully saturated rings. The van der Waals surface area contributed by atoms with E-state index < -0.39 is 11.5 Å². The second-order valence-corrected chi connectivity index (χ2v) is 6.57. The van der Waals surface area contributed by atoms with Gasteiger partial charge in [0.1, 0.15) is 0 Å². The quantitative estimate of drug-likeness (QED) is 0.745. The molecule has 2 saturated heterocycles. The molecular weight excluding hydrogens is 268 g/mol. The molecular formula is C16H24N2O3. The second-order valence-electron chi connectivity index (χ2n) is 6.57. The predicted octanol–water partition coefficient (Wildman–Crippen LogP) is 0.976. The normalized spacial score (nSPS) is 33.0. The van der Waals surface area contributed by atoms with Gasteiger partial charge in [-0.15, -0.1) is 0 Å². The number of aliphatic hydroxyl groups is 1. The number of hydrogen-bond donors (Lipinski definition) is 2. The maximum Gasteiger partial charge on any atom is 0.230 e. The number of carbonyl (C=O) groups is 2. The standard InChI is InChI=1S/C16H24N2O3/c19-13-6-9-18(14(20)10-12-4-1-2-5-12)11-16(13)7-3-8-17-15(16)21/h4,13,19H,1-3,5-11H2,(H,17,21)/t13-,16-/m1/s1. The van der Waals surface area contributed by atoms with Crippen LogP contribution in [0.25, 0.3) is 0 Å². The average Bonchev–Trinajstić information content (AvgIpc) is 2.97. The van der Waals surface area contributed by atoms with Gasteiger partial charge >= 0.3 is 0 Å². The summed E-state index contributed by atoms with van der Waals surface area (Å²) in [6, 6.07) is 0. The molecule has 0 aromatic heterocycles. The molecule has 0 saturated carbocycles. The van der Waals surface area contributed by atoms with Crippen molar-refractivity contribution in [1.29, 1.82) is 0 Å². The number of rotatable bonds is 2. The van der Waals surface area contributed by atoms with Crippen molar-refractivity contribution in [3.8, 4) is 0 Å². The van der Waals surface area contributed by atoms with E-state index in [2.05, 4.69) is 11.4 Å². The lowest BCUT2D eigenvalue weighted by Gasteiger charge is -2.46. The summed E-state index contributed by atoms with van der Waals surface area (Å²) in [6.45, 7) is 1.60. The first-order valence-corrected chi connectivity index (χ1v) is 8.04. The number of hydrogen-bond acceptors (Lipinski definition) is 3. The molecule has 1 spiro atoms. The highest BCUT2D eigenvalue weighted by Gasteiger charge is 2.50. The minimum atomic E-state index is -0.782. The molecule has 21 heavy (non-hydrogen) atoms. The van der Waals surface area contributed by atoms with Crippen molar-refractivity contribution in [2.75, 3.05) is 19.6 Å². The summed E-state index contributed by atoms with van der Waals surface area (Å²) in [7, 11) is 0. The molecule has 2 aliphatic heterocycles. The van der Waals surface area contributed by atoms with Gasteiger partial charge in [-0.3, -0.25) is 9.59 Å². The Hall–Kier alpha value is -1.36. The van der Waals surface area contributed by atoms with Crippen molar-refractivity contribution in [2.45, 2.75) is 51.0 Å². The maximum absolute atomic E-state index is 12.5. The van der Waals surface area contributed by atoms with Gasteiger partial charge in [0.05, 0.1) is 11.5 Å². The summed E-state index contributed by atoms with van der Waals surface area (Å²) < 4.78 is 0. The van der Waals surface area contributed by atoms with Crippen LogP contribution in [0.3, 0.4) is 0 Å². The van der Waals surface area contributed by atoms with E-state index in [1.807, 2.05) is 0 Å². The van der Waals surface area contributed by atoms with Crippen molar-refractivity contribution in [3.63, 3.8) is 0 Å². The Bertz CT molecular complexity index is 474. The number of nitrogens with one attached hydrogen (secondary N) is 1. The van der Waals surface area contributed by atoms with Gasteiger partial charge in [0.15, 0.2) is 0 Å². The van der Waals surface area contributed by atoms with Crippen LogP contribution in [0.1, 0.15) is 44.9 Å². The molecule has 2 atom stereocenters. The van der Waals surface area contributed by atoms with Crippen LogP contribution in [0.2, 0.25) is 0 Å². The summed E-state index contributed by atoms with van der Waals surface area (Å²) in [5.74, 6) is 0.0200. The summed E-state index contributed by atoms with van der Waals surface area (Å²) in [4.78, 5) is 26.5. The number of amides is 2. The molecule has 0 radical (unpaired) electrons. The van der Waals surface area contributed by atoms with E-state index in [4.69, 9.17) is 0 Å². The van der Waals surface area contributed by atoms with E-state index in [-0.39, 0.29) is 11.8 Å². The molecule has 2 N–H and O–H groups in total. The molecule has 2 heterocycles. The third kappa shape index (κ3) is 2.71. The zero-order valence-electron chi connectivity index (χ0n) is 12.4. The highest BCUT2D eigenvalue weighted by atomic mass is 16.3. The van der Waals surface area contributed by atoms with Crippen LogP contribution >= 0.6 is 0 Å². The highest BCUT2D eigenvalue weighted by Crippen LogP contribution is 2.37. The summed E-state index contributed by atoms with van der Waals surface area (Å²) in [6.07, 6.45) is 7.30. The number of nitrogens with zero attached hydrogens (tertiary/aromatic N) is 1. The first kappa shape index (κ1) is 14.6. The average molecular weight is 292 g/mol. The van der Waals surface area contributed by atoms with E-state index in [1.54, 1.807) is 4.90 Å². The molecule has 0 aromatic rings. The van der Waals surface area contributed by atoms with Gasteiger partial charge in [0, 0.05) is 26.1 Å². The van der Waals surface area contributed by atoms with E-state index in [0.29, 0.717) is 38.9 Å². The number of likely N-dealkylation sites (tertiary alicyclic amines) is 1. The fraction of sp³-hybridized carbons (Fsp3) is 0.750. The third-order valence-electron chi connectivity index (χ3n) is 5.19. The summed E-state index contributed by atoms with van der Waals surface area (Å²) in [5, 5.41) is 13.2. The zero-order chi connectivity index (χ0) is 14.9. The smallest absolute Gasteiger partial charge is 0.230 e. The van der Waals surface area contributed by atoms with E-state index in [0.717, 1.165) is 25.7 Å². The van der Waals surface area contributed by atoms with Crippen LogP contribution in [0, 0.1) is 5.41 Å².